The van der Waals surface area contributed by atoms with E-state index in [-0.39, 0.29) is 10.9 Å². The van der Waals surface area contributed by atoms with Gasteiger partial charge in [0, 0.05) is 22.0 Å². The van der Waals surface area contributed by atoms with Crippen LogP contribution in [0, 0.1) is 0 Å². The maximum Gasteiger partial charge on any atom is 0.155 e. The maximum absolute atomic E-state index is 11.2. The van der Waals surface area contributed by atoms with Crippen molar-refractivity contribution in [3.63, 3.8) is 0 Å². The van der Waals surface area contributed by atoms with E-state index in [0.29, 0.717) is 0 Å². The first kappa shape index (κ1) is 22.7. The molecule has 0 saturated heterocycles. The molecule has 152 valence electrons. The van der Waals surface area contributed by atoms with E-state index in [4.69, 9.17) is 0 Å². The number of benzene rings is 3. The zero-order valence-electron chi connectivity index (χ0n) is 14.7. The molecule has 0 aliphatic rings. The summed E-state index contributed by atoms with van der Waals surface area (Å²) in [7, 11) is 0.210. The molecule has 8 heteroatoms. The van der Waals surface area contributed by atoms with Crippen molar-refractivity contribution in [2.75, 3.05) is 0 Å². The Balaban J connectivity index is 0.000000345. The van der Waals surface area contributed by atoms with E-state index in [1.807, 2.05) is 0 Å². The van der Waals surface area contributed by atoms with Crippen LogP contribution >= 0.6 is 0 Å². The van der Waals surface area contributed by atoms with Gasteiger partial charge >= 0.3 is 36.4 Å². The van der Waals surface area contributed by atoms with E-state index in [0.717, 1.165) is 11.5 Å². The van der Waals surface area contributed by atoms with Gasteiger partial charge in [0.05, 0.1) is 0 Å². The molecule has 3 aromatic carbocycles. The standard InChI is InChI=1S/C20H19S.6FH.Sb/c1-4-10-18(11-5-1)16-21(20-14-8-3-9-15-20)17-19-12-6-2-7-13-19;;;;;;;/h1-15H,16-17H2;6*1H;/q+1;;;;;;;+5/p-6. The molecule has 0 fully saturated rings. The summed E-state index contributed by atoms with van der Waals surface area (Å²) in [5, 5.41) is 0. The number of hydrogen-bond acceptors (Lipinski definition) is 0. The van der Waals surface area contributed by atoms with Crippen molar-refractivity contribution in [2.45, 2.75) is 16.4 Å². The second-order valence-electron chi connectivity index (χ2n) is 6.02. The summed E-state index contributed by atoms with van der Waals surface area (Å²) in [6.45, 7) is 0. The molecule has 3 aromatic rings. The van der Waals surface area contributed by atoms with Crippen molar-refractivity contribution in [3.05, 3.63) is 102 Å². The van der Waals surface area contributed by atoms with Crippen LogP contribution in [-0.2, 0) is 22.4 Å². The second kappa shape index (κ2) is 8.42. The van der Waals surface area contributed by atoms with Gasteiger partial charge in [-0.1, -0.05) is 78.9 Å². The topological polar surface area (TPSA) is 0 Å². The molecular formula is C20H19F6SSb. The normalized spacial score (nSPS) is 13.8. The molecule has 0 atom stereocenters. The molecule has 0 radical (unpaired) electrons. The van der Waals surface area contributed by atoms with Crippen LogP contribution in [0.2, 0.25) is 0 Å². The first-order valence-corrected chi connectivity index (χ1v) is 15.6. The van der Waals surface area contributed by atoms with E-state index < -0.39 is 19.5 Å². The Bertz CT molecular complexity index is 800. The Kier molecular flexibility index (Phi) is 6.82. The molecule has 0 nitrogen and oxygen atoms in total. The van der Waals surface area contributed by atoms with Crippen molar-refractivity contribution in [1.29, 1.82) is 0 Å². The predicted molar refractivity (Wildman–Crippen MR) is 105 cm³/mol. The minimum atomic E-state index is -11.2. The molecule has 0 unspecified atom stereocenters. The predicted octanol–water partition coefficient (Wildman–Crippen LogP) is 7.20. The summed E-state index contributed by atoms with van der Waals surface area (Å²) < 4.78 is 59.6. The van der Waals surface area contributed by atoms with Crippen LogP contribution in [0.25, 0.3) is 0 Å². The molecule has 0 aromatic heterocycles. The Morgan fingerprint density at radius 1 is 0.500 bits per heavy atom. The van der Waals surface area contributed by atoms with E-state index >= 15 is 0 Å². The van der Waals surface area contributed by atoms with Crippen LogP contribution in [0.3, 0.4) is 0 Å². The van der Waals surface area contributed by atoms with Crippen molar-refractivity contribution < 1.29 is 16.9 Å². The third-order valence-corrected chi connectivity index (χ3v) is 5.75. The van der Waals surface area contributed by atoms with Gasteiger partial charge in [-0.3, -0.25) is 0 Å². The van der Waals surface area contributed by atoms with E-state index in [1.54, 1.807) is 0 Å². The first-order valence-electron chi connectivity index (χ1n) is 8.23. The van der Waals surface area contributed by atoms with Gasteiger partial charge in [0.25, 0.3) is 0 Å². The third kappa shape index (κ3) is 11.3. The molecular weight excluding hydrogens is 508 g/mol. The van der Waals surface area contributed by atoms with Crippen molar-refractivity contribution in [3.8, 4) is 0 Å². The van der Waals surface area contributed by atoms with Gasteiger partial charge in [-0.2, -0.15) is 0 Å². The van der Waals surface area contributed by atoms with Crippen LogP contribution in [-0.4, -0.2) is 19.5 Å². The molecule has 0 heterocycles. The van der Waals surface area contributed by atoms with Crippen molar-refractivity contribution in [1.82, 2.24) is 0 Å². The minimum absolute atomic E-state index is 0.210. The van der Waals surface area contributed by atoms with Gasteiger partial charge in [-0.05, 0) is 12.1 Å². The molecule has 0 saturated carbocycles. The van der Waals surface area contributed by atoms with E-state index in [2.05, 4.69) is 91.0 Å². The van der Waals surface area contributed by atoms with Crippen LogP contribution in [0.4, 0.5) is 16.9 Å². The van der Waals surface area contributed by atoms with E-state index in [9.17, 15) is 16.9 Å². The van der Waals surface area contributed by atoms with Crippen molar-refractivity contribution >= 4 is 30.4 Å². The van der Waals surface area contributed by atoms with Crippen molar-refractivity contribution in [2.24, 2.45) is 0 Å². The summed E-state index contributed by atoms with van der Waals surface area (Å²) in [5.41, 5.74) is 2.83. The Morgan fingerprint density at radius 2 is 0.786 bits per heavy atom. The van der Waals surface area contributed by atoms with Gasteiger partial charge in [0.15, 0.2) is 4.90 Å². The molecule has 28 heavy (non-hydrogen) atoms. The number of rotatable bonds is 5. The van der Waals surface area contributed by atoms with Gasteiger partial charge < -0.3 is 0 Å². The largest absolute Gasteiger partial charge is 0.155 e. The Morgan fingerprint density at radius 3 is 1.11 bits per heavy atom. The molecule has 0 aliphatic carbocycles. The molecule has 0 bridgehead atoms. The summed E-state index contributed by atoms with van der Waals surface area (Å²) in [6, 6.07) is 32.5. The van der Waals surface area contributed by atoms with Gasteiger partial charge in [-0.15, -0.1) is 0 Å². The summed E-state index contributed by atoms with van der Waals surface area (Å²) >= 11 is -11.2. The quantitative estimate of drug-likeness (QED) is 0.187. The van der Waals surface area contributed by atoms with Gasteiger partial charge in [-0.25, -0.2) is 0 Å². The number of halogens is 6. The molecule has 3 rings (SSSR count). The molecule has 0 amide bonds. The summed E-state index contributed by atoms with van der Waals surface area (Å²) in [6.07, 6.45) is 0. The van der Waals surface area contributed by atoms with Crippen LogP contribution in [0.1, 0.15) is 11.1 Å². The van der Waals surface area contributed by atoms with Crippen LogP contribution in [0.15, 0.2) is 95.9 Å². The minimum Gasteiger partial charge on any atom is -0.0622 e. The first-order chi connectivity index (χ1) is 12.9. The zero-order chi connectivity index (χ0) is 20.7. The summed E-state index contributed by atoms with van der Waals surface area (Å²) in [4.78, 5) is 1.45. The fourth-order valence-corrected chi connectivity index (χ4v) is 4.55. The fraction of sp³-hybridized carbons (Fsp3) is 0.100. The van der Waals surface area contributed by atoms with Crippen LogP contribution < -0.4 is 0 Å². The number of hydrogen-bond donors (Lipinski definition) is 0. The SMILES string of the molecule is [F][Sb-]([F])([F])([F])([F])[F].c1ccc(C[S+](Cc2ccccc2)c2ccccc2)cc1. The molecule has 0 spiro atoms. The van der Waals surface area contributed by atoms with E-state index in [1.165, 1.54) is 16.0 Å². The average molecular weight is 527 g/mol. The monoisotopic (exact) mass is 526 g/mol. The molecule has 0 N–H and O–H groups in total. The maximum atomic E-state index is 9.93. The summed E-state index contributed by atoms with van der Waals surface area (Å²) in [5.74, 6) is 2.22. The van der Waals surface area contributed by atoms with Gasteiger partial charge in [0.2, 0.25) is 0 Å². The second-order valence-corrected chi connectivity index (χ2v) is 13.5. The zero-order valence-corrected chi connectivity index (χ0v) is 18.1. The Labute approximate surface area is 165 Å². The fourth-order valence-electron chi connectivity index (χ4n) is 2.38. The Hall–Kier alpha value is -1.59. The van der Waals surface area contributed by atoms with Crippen LogP contribution in [0.5, 0.6) is 0 Å². The average Bonchev–Trinajstić information content (AvgIpc) is 2.61. The smallest absolute Gasteiger partial charge is 0.0622 e. The van der Waals surface area contributed by atoms with Gasteiger partial charge in [0.1, 0.15) is 11.5 Å². The third-order valence-electron chi connectivity index (χ3n) is 3.44. The molecule has 0 aliphatic heterocycles.